The van der Waals surface area contributed by atoms with Crippen molar-refractivity contribution in [3.63, 3.8) is 0 Å². The highest BCUT2D eigenvalue weighted by Gasteiger charge is 2.34. The van der Waals surface area contributed by atoms with Gasteiger partial charge in [0.05, 0.1) is 17.4 Å². The zero-order chi connectivity index (χ0) is 24.9. The third-order valence-electron chi connectivity index (χ3n) is 7.50. The summed E-state index contributed by atoms with van der Waals surface area (Å²) in [5, 5.41) is 10.0. The van der Waals surface area contributed by atoms with Gasteiger partial charge in [-0.15, -0.1) is 0 Å². The number of aromatic nitrogens is 2. The van der Waals surface area contributed by atoms with E-state index in [0.717, 1.165) is 43.4 Å². The first-order chi connectivity index (χ1) is 17.6. The molecule has 0 aliphatic carbocycles. The van der Waals surface area contributed by atoms with Crippen molar-refractivity contribution < 1.29 is 9.90 Å². The van der Waals surface area contributed by atoms with Crippen LogP contribution in [0.3, 0.4) is 0 Å². The molecule has 6 heteroatoms. The summed E-state index contributed by atoms with van der Waals surface area (Å²) in [6, 6.07) is 29.6. The van der Waals surface area contributed by atoms with Gasteiger partial charge in [0, 0.05) is 37.8 Å². The van der Waals surface area contributed by atoms with Gasteiger partial charge in [0.15, 0.2) is 0 Å². The fourth-order valence-corrected chi connectivity index (χ4v) is 5.57. The van der Waals surface area contributed by atoms with Crippen LogP contribution in [0, 0.1) is 0 Å². The topological polar surface area (TPSA) is 61.6 Å². The summed E-state index contributed by atoms with van der Waals surface area (Å²) < 4.78 is 2.25. The van der Waals surface area contributed by atoms with E-state index in [2.05, 4.69) is 76.0 Å². The molecule has 3 atom stereocenters. The van der Waals surface area contributed by atoms with Crippen molar-refractivity contribution in [3.8, 4) is 0 Å². The number of hydrogen-bond donors (Lipinski definition) is 1. The van der Waals surface area contributed by atoms with E-state index < -0.39 is 6.09 Å². The number of benzene rings is 3. The minimum absolute atomic E-state index is 0.0496. The van der Waals surface area contributed by atoms with Crippen LogP contribution in [0.15, 0.2) is 91.3 Å². The molecule has 1 fully saturated rings. The summed E-state index contributed by atoms with van der Waals surface area (Å²) in [6.45, 7) is 4.43. The number of carbonyl (C=O) groups is 1. The van der Waals surface area contributed by atoms with Gasteiger partial charge in [-0.2, -0.15) is 0 Å². The Kier molecular flexibility index (Phi) is 7.33. The Labute approximate surface area is 212 Å². The van der Waals surface area contributed by atoms with Crippen molar-refractivity contribution in [1.29, 1.82) is 0 Å². The molecule has 5 rings (SSSR count). The van der Waals surface area contributed by atoms with Crippen molar-refractivity contribution in [3.05, 3.63) is 102 Å². The van der Waals surface area contributed by atoms with Crippen LogP contribution >= 0.6 is 0 Å². The first-order valence-electron chi connectivity index (χ1n) is 12.8. The van der Waals surface area contributed by atoms with Crippen molar-refractivity contribution >= 4 is 17.1 Å². The van der Waals surface area contributed by atoms with Crippen molar-refractivity contribution in [2.45, 2.75) is 57.4 Å². The van der Waals surface area contributed by atoms with Gasteiger partial charge in [-0.25, -0.2) is 9.78 Å². The predicted molar refractivity (Wildman–Crippen MR) is 143 cm³/mol. The monoisotopic (exact) mass is 482 g/mol. The zero-order valence-electron chi connectivity index (χ0n) is 20.8. The lowest BCUT2D eigenvalue weighted by Crippen LogP contribution is -2.48. The molecule has 0 radical (unpaired) electrons. The minimum atomic E-state index is -0.821. The summed E-state index contributed by atoms with van der Waals surface area (Å²) in [6.07, 6.45) is 3.48. The van der Waals surface area contributed by atoms with Gasteiger partial charge < -0.3 is 14.6 Å². The lowest BCUT2D eigenvalue weighted by atomic mass is 9.92. The molecule has 1 amide bonds. The highest BCUT2D eigenvalue weighted by atomic mass is 16.4. The maximum absolute atomic E-state index is 12.2. The van der Waals surface area contributed by atoms with Crippen molar-refractivity contribution in [1.82, 2.24) is 19.4 Å². The Bertz CT molecular complexity index is 1230. The van der Waals surface area contributed by atoms with E-state index in [1.54, 1.807) is 4.90 Å². The number of fused-ring (bicyclic) bond motifs is 1. The normalized spacial score (nSPS) is 19.0. The quantitative estimate of drug-likeness (QED) is 0.325. The van der Waals surface area contributed by atoms with Crippen molar-refractivity contribution in [2.75, 3.05) is 6.54 Å². The first-order valence-corrected chi connectivity index (χ1v) is 12.8. The summed E-state index contributed by atoms with van der Waals surface area (Å²) >= 11 is 0. The van der Waals surface area contributed by atoms with Crippen LogP contribution < -0.4 is 0 Å². The number of carboxylic acid groups (broad SMARTS) is 1. The molecular formula is C30H34N4O2. The van der Waals surface area contributed by atoms with Crippen LogP contribution in [-0.4, -0.2) is 49.2 Å². The maximum atomic E-state index is 12.2. The summed E-state index contributed by atoms with van der Waals surface area (Å²) in [5.74, 6) is 0. The second kappa shape index (κ2) is 11.0. The van der Waals surface area contributed by atoms with Crippen molar-refractivity contribution in [2.24, 2.45) is 0 Å². The number of hydrogen-bond acceptors (Lipinski definition) is 3. The van der Waals surface area contributed by atoms with Crippen LogP contribution in [0.4, 0.5) is 4.79 Å². The van der Waals surface area contributed by atoms with Gasteiger partial charge in [0.2, 0.25) is 0 Å². The fraction of sp³-hybridized carbons (Fsp3) is 0.333. The Morgan fingerprint density at radius 1 is 0.972 bits per heavy atom. The molecule has 36 heavy (non-hydrogen) atoms. The fourth-order valence-electron chi connectivity index (χ4n) is 5.57. The summed E-state index contributed by atoms with van der Waals surface area (Å²) in [5.41, 5.74) is 4.64. The van der Waals surface area contributed by atoms with Crippen LogP contribution in [0.2, 0.25) is 0 Å². The molecule has 1 saturated heterocycles. The Balaban J connectivity index is 1.36. The predicted octanol–water partition coefficient (Wildman–Crippen LogP) is 6.20. The zero-order valence-corrected chi connectivity index (χ0v) is 20.8. The molecule has 2 heterocycles. The molecule has 3 unspecified atom stereocenters. The molecule has 0 spiro atoms. The number of piperidine rings is 1. The average Bonchev–Trinajstić information content (AvgIpc) is 3.33. The molecule has 4 aromatic rings. The number of imidazole rings is 1. The molecule has 6 nitrogen and oxygen atoms in total. The number of rotatable bonds is 8. The number of nitrogens with zero attached hydrogens (tertiary/aromatic N) is 4. The maximum Gasteiger partial charge on any atom is 0.407 e. The van der Waals surface area contributed by atoms with Gasteiger partial charge in [-0.1, -0.05) is 72.8 Å². The molecule has 1 aliphatic rings. The van der Waals surface area contributed by atoms with Crippen LogP contribution in [0.25, 0.3) is 11.0 Å². The van der Waals surface area contributed by atoms with E-state index in [1.165, 1.54) is 11.1 Å². The molecule has 0 bridgehead atoms. The third kappa shape index (κ3) is 5.44. The molecule has 1 aliphatic heterocycles. The molecule has 3 aromatic carbocycles. The molecule has 186 valence electrons. The second-order valence-corrected chi connectivity index (χ2v) is 9.91. The number of likely N-dealkylation sites (tertiary alicyclic amines) is 1. The van der Waals surface area contributed by atoms with Crippen LogP contribution in [-0.2, 0) is 13.1 Å². The largest absolute Gasteiger partial charge is 0.465 e. The lowest BCUT2D eigenvalue weighted by molar-refractivity contribution is 0.0691. The average molecular weight is 483 g/mol. The highest BCUT2D eigenvalue weighted by molar-refractivity contribution is 5.75. The summed E-state index contributed by atoms with van der Waals surface area (Å²) in [7, 11) is 0. The van der Waals surface area contributed by atoms with Crippen LogP contribution in [0.1, 0.15) is 43.4 Å². The molecular weight excluding hydrogens is 448 g/mol. The van der Waals surface area contributed by atoms with E-state index in [0.29, 0.717) is 6.54 Å². The highest BCUT2D eigenvalue weighted by Crippen LogP contribution is 2.33. The van der Waals surface area contributed by atoms with E-state index in [9.17, 15) is 9.90 Å². The Morgan fingerprint density at radius 3 is 2.22 bits per heavy atom. The summed E-state index contributed by atoms with van der Waals surface area (Å²) in [4.78, 5) is 20.9. The molecule has 0 saturated carbocycles. The molecule has 1 N–H and O–H groups in total. The smallest absolute Gasteiger partial charge is 0.407 e. The van der Waals surface area contributed by atoms with Gasteiger partial charge in [-0.05, 0) is 49.4 Å². The van der Waals surface area contributed by atoms with Gasteiger partial charge in [0.1, 0.15) is 0 Å². The first kappa shape index (κ1) is 24.1. The standard InChI is InChI=1S/C30H34N4O2/c1-23(32(20-24-10-4-2-5-11-24)21-25-12-6-3-7-13-25)18-27-19-26(16-17-33(27)30(35)36)34-22-31-28-14-8-9-15-29(28)34/h2-15,22-23,26-27H,16-21H2,1H3,(H,35,36). The van der Waals surface area contributed by atoms with Gasteiger partial charge in [-0.3, -0.25) is 4.90 Å². The Morgan fingerprint density at radius 2 is 1.58 bits per heavy atom. The number of para-hydroxylation sites is 2. The van der Waals surface area contributed by atoms with E-state index in [4.69, 9.17) is 0 Å². The number of amides is 1. The molecule has 1 aromatic heterocycles. The third-order valence-corrected chi connectivity index (χ3v) is 7.50. The van der Waals surface area contributed by atoms with Gasteiger partial charge >= 0.3 is 6.09 Å². The van der Waals surface area contributed by atoms with E-state index in [1.807, 2.05) is 36.7 Å². The minimum Gasteiger partial charge on any atom is -0.465 e. The lowest BCUT2D eigenvalue weighted by Gasteiger charge is -2.41. The van der Waals surface area contributed by atoms with E-state index in [-0.39, 0.29) is 18.1 Å². The Hall–Kier alpha value is -3.64. The van der Waals surface area contributed by atoms with E-state index >= 15 is 0 Å². The SMILES string of the molecule is CC(CC1CC(n2cnc3ccccc32)CCN1C(=O)O)N(Cc1ccccc1)Cc1ccccc1. The van der Waals surface area contributed by atoms with Gasteiger partial charge in [0.25, 0.3) is 0 Å². The second-order valence-electron chi connectivity index (χ2n) is 9.91. The van der Waals surface area contributed by atoms with Crippen LogP contribution in [0.5, 0.6) is 0 Å².